The van der Waals surface area contributed by atoms with Gasteiger partial charge in [0.15, 0.2) is 0 Å². The molecule has 4 heteroatoms. The number of benzene rings is 2. The minimum atomic E-state index is -0.844. The molecule has 0 amide bonds. The van der Waals surface area contributed by atoms with Gasteiger partial charge in [-0.25, -0.2) is 4.39 Å². The monoisotopic (exact) mass is 338 g/mol. The first-order valence-corrected chi connectivity index (χ1v) is 8.79. The van der Waals surface area contributed by atoms with Gasteiger partial charge in [-0.3, -0.25) is 4.90 Å². The van der Waals surface area contributed by atoms with E-state index in [1.807, 2.05) is 0 Å². The van der Waals surface area contributed by atoms with Crippen molar-refractivity contribution in [2.45, 2.75) is 25.0 Å². The SMILES string of the molecule is Cn1cc(CN2CCC(O)(c3ccc(F)cc3)CC2)c2ccccc21. The van der Waals surface area contributed by atoms with Gasteiger partial charge in [0.25, 0.3) is 0 Å². The highest BCUT2D eigenvalue weighted by Gasteiger charge is 2.34. The zero-order valence-corrected chi connectivity index (χ0v) is 14.5. The summed E-state index contributed by atoms with van der Waals surface area (Å²) in [7, 11) is 2.08. The van der Waals surface area contributed by atoms with E-state index in [1.54, 1.807) is 12.1 Å². The maximum atomic E-state index is 13.1. The maximum absolute atomic E-state index is 13.1. The van der Waals surface area contributed by atoms with E-state index in [4.69, 9.17) is 0 Å². The van der Waals surface area contributed by atoms with Gasteiger partial charge in [0.2, 0.25) is 0 Å². The zero-order valence-electron chi connectivity index (χ0n) is 14.5. The van der Waals surface area contributed by atoms with E-state index in [2.05, 4.69) is 47.0 Å². The first kappa shape index (κ1) is 16.3. The van der Waals surface area contributed by atoms with Crippen molar-refractivity contribution in [3.8, 4) is 0 Å². The summed E-state index contributed by atoms with van der Waals surface area (Å²) < 4.78 is 15.3. The Morgan fingerprint density at radius 2 is 1.72 bits per heavy atom. The zero-order chi connectivity index (χ0) is 17.4. The Bertz CT molecular complexity index is 877. The third kappa shape index (κ3) is 3.08. The van der Waals surface area contributed by atoms with E-state index in [9.17, 15) is 9.50 Å². The summed E-state index contributed by atoms with van der Waals surface area (Å²) in [6, 6.07) is 14.7. The maximum Gasteiger partial charge on any atom is 0.123 e. The van der Waals surface area contributed by atoms with Crippen LogP contribution in [0.2, 0.25) is 0 Å². The number of hydrogen-bond donors (Lipinski definition) is 1. The molecule has 0 saturated carbocycles. The molecule has 0 unspecified atom stereocenters. The van der Waals surface area contributed by atoms with Crippen LogP contribution in [0.25, 0.3) is 10.9 Å². The summed E-state index contributed by atoms with van der Waals surface area (Å²) in [6.45, 7) is 2.55. The minimum absolute atomic E-state index is 0.263. The second-order valence-electron chi connectivity index (χ2n) is 7.10. The molecule has 2 heterocycles. The summed E-state index contributed by atoms with van der Waals surface area (Å²) in [4.78, 5) is 2.39. The summed E-state index contributed by atoms with van der Waals surface area (Å²) in [5.74, 6) is -0.263. The summed E-state index contributed by atoms with van der Waals surface area (Å²) in [5.41, 5.74) is 2.55. The predicted octanol–water partition coefficient (Wildman–Crippen LogP) is 3.80. The number of para-hydroxylation sites is 1. The molecule has 1 aromatic heterocycles. The van der Waals surface area contributed by atoms with Gasteiger partial charge >= 0.3 is 0 Å². The summed E-state index contributed by atoms with van der Waals surface area (Å²) in [5, 5.41) is 12.2. The van der Waals surface area contributed by atoms with Crippen LogP contribution in [-0.4, -0.2) is 27.7 Å². The van der Waals surface area contributed by atoms with Crippen molar-refractivity contribution in [2.75, 3.05) is 13.1 Å². The molecule has 1 aliphatic heterocycles. The Labute approximate surface area is 147 Å². The number of fused-ring (bicyclic) bond motifs is 1. The standard InChI is InChI=1S/C21H23FN2O/c1-23-14-16(19-4-2-3-5-20(19)23)15-24-12-10-21(25,11-13-24)17-6-8-18(22)9-7-17/h2-9,14,25H,10-13,15H2,1H3. The van der Waals surface area contributed by atoms with E-state index in [0.29, 0.717) is 12.8 Å². The Kier molecular flexibility index (Phi) is 4.10. The fourth-order valence-electron chi connectivity index (χ4n) is 3.92. The van der Waals surface area contributed by atoms with Gasteiger partial charge in [0.05, 0.1) is 5.60 Å². The van der Waals surface area contributed by atoms with Crippen molar-refractivity contribution < 1.29 is 9.50 Å². The molecule has 1 saturated heterocycles. The molecule has 0 bridgehead atoms. The molecular formula is C21H23FN2O. The second kappa shape index (κ2) is 6.28. The van der Waals surface area contributed by atoms with Crippen molar-refractivity contribution in [1.29, 1.82) is 0 Å². The molecule has 0 radical (unpaired) electrons. The van der Waals surface area contributed by atoms with Gasteiger partial charge in [0.1, 0.15) is 5.82 Å². The lowest BCUT2D eigenvalue weighted by molar-refractivity contribution is -0.0277. The van der Waals surface area contributed by atoms with E-state index in [1.165, 1.54) is 28.6 Å². The van der Waals surface area contributed by atoms with Crippen molar-refractivity contribution in [3.05, 3.63) is 71.7 Å². The van der Waals surface area contributed by atoms with Crippen LogP contribution in [0.15, 0.2) is 54.7 Å². The van der Waals surface area contributed by atoms with Crippen LogP contribution in [0.5, 0.6) is 0 Å². The molecule has 0 spiro atoms. The second-order valence-corrected chi connectivity index (χ2v) is 7.10. The Morgan fingerprint density at radius 1 is 1.04 bits per heavy atom. The van der Waals surface area contributed by atoms with Gasteiger partial charge in [-0.2, -0.15) is 0 Å². The van der Waals surface area contributed by atoms with Crippen LogP contribution < -0.4 is 0 Å². The van der Waals surface area contributed by atoms with Crippen LogP contribution in [0.1, 0.15) is 24.0 Å². The van der Waals surface area contributed by atoms with Crippen LogP contribution in [0, 0.1) is 5.82 Å². The van der Waals surface area contributed by atoms with Crippen molar-refractivity contribution in [1.82, 2.24) is 9.47 Å². The number of aryl methyl sites for hydroxylation is 1. The van der Waals surface area contributed by atoms with Crippen LogP contribution in [-0.2, 0) is 19.2 Å². The fraction of sp³-hybridized carbons (Fsp3) is 0.333. The first-order chi connectivity index (χ1) is 12.0. The normalized spacial score (nSPS) is 17.9. The van der Waals surface area contributed by atoms with E-state index in [-0.39, 0.29) is 5.82 Å². The van der Waals surface area contributed by atoms with E-state index < -0.39 is 5.60 Å². The first-order valence-electron chi connectivity index (χ1n) is 8.79. The molecule has 3 aromatic rings. The highest BCUT2D eigenvalue weighted by molar-refractivity contribution is 5.83. The number of halogens is 1. The van der Waals surface area contributed by atoms with E-state index in [0.717, 1.165) is 25.2 Å². The quantitative estimate of drug-likeness (QED) is 0.787. The molecular weight excluding hydrogens is 315 g/mol. The number of nitrogens with zero attached hydrogens (tertiary/aromatic N) is 2. The molecule has 0 aliphatic carbocycles. The molecule has 1 aliphatic rings. The molecule has 0 atom stereocenters. The number of rotatable bonds is 3. The number of piperidine rings is 1. The van der Waals surface area contributed by atoms with Crippen LogP contribution >= 0.6 is 0 Å². The highest BCUT2D eigenvalue weighted by atomic mass is 19.1. The van der Waals surface area contributed by atoms with Gasteiger partial charge in [-0.1, -0.05) is 30.3 Å². The third-order valence-corrected chi connectivity index (χ3v) is 5.44. The lowest BCUT2D eigenvalue weighted by atomic mass is 9.84. The largest absolute Gasteiger partial charge is 0.385 e. The smallest absolute Gasteiger partial charge is 0.123 e. The number of aromatic nitrogens is 1. The Balaban J connectivity index is 1.47. The summed E-state index contributed by atoms with van der Waals surface area (Å²) in [6.07, 6.45) is 3.54. The number of likely N-dealkylation sites (tertiary alicyclic amines) is 1. The number of aliphatic hydroxyl groups is 1. The van der Waals surface area contributed by atoms with Crippen molar-refractivity contribution >= 4 is 10.9 Å². The Hall–Kier alpha value is -2.17. The lowest BCUT2D eigenvalue weighted by Gasteiger charge is -2.38. The fourth-order valence-corrected chi connectivity index (χ4v) is 3.92. The van der Waals surface area contributed by atoms with Crippen molar-refractivity contribution in [3.63, 3.8) is 0 Å². The topological polar surface area (TPSA) is 28.4 Å². The molecule has 1 fully saturated rings. The van der Waals surface area contributed by atoms with E-state index >= 15 is 0 Å². The average Bonchev–Trinajstić information content (AvgIpc) is 2.94. The molecule has 25 heavy (non-hydrogen) atoms. The van der Waals surface area contributed by atoms with Crippen LogP contribution in [0.4, 0.5) is 4.39 Å². The highest BCUT2D eigenvalue weighted by Crippen LogP contribution is 2.34. The number of hydrogen-bond acceptors (Lipinski definition) is 2. The lowest BCUT2D eigenvalue weighted by Crippen LogP contribution is -2.42. The molecule has 3 nitrogen and oxygen atoms in total. The molecule has 2 aromatic carbocycles. The predicted molar refractivity (Wildman–Crippen MR) is 97.7 cm³/mol. The van der Waals surface area contributed by atoms with Gasteiger partial charge in [-0.15, -0.1) is 0 Å². The van der Waals surface area contributed by atoms with Gasteiger partial charge < -0.3 is 9.67 Å². The molecule has 4 rings (SSSR count). The minimum Gasteiger partial charge on any atom is -0.385 e. The Morgan fingerprint density at radius 3 is 2.44 bits per heavy atom. The molecule has 1 N–H and O–H groups in total. The van der Waals surface area contributed by atoms with Crippen molar-refractivity contribution in [2.24, 2.45) is 7.05 Å². The third-order valence-electron chi connectivity index (χ3n) is 5.44. The summed E-state index contributed by atoms with van der Waals surface area (Å²) >= 11 is 0. The van der Waals surface area contributed by atoms with Gasteiger partial charge in [-0.05, 0) is 42.2 Å². The molecule has 130 valence electrons. The van der Waals surface area contributed by atoms with Crippen LogP contribution in [0.3, 0.4) is 0 Å². The van der Waals surface area contributed by atoms with Gasteiger partial charge in [0, 0.05) is 43.8 Å². The average molecular weight is 338 g/mol.